The van der Waals surface area contributed by atoms with Crippen molar-refractivity contribution in [2.24, 2.45) is 5.92 Å². The SMILES string of the molecule is Cc1ccc(CN(C(=O)C2CC2)c2ccc(CC(=O)NCc3ccncc3)cc2)cc1. The highest BCUT2D eigenvalue weighted by molar-refractivity contribution is 5.96. The van der Waals surface area contributed by atoms with Crippen molar-refractivity contribution in [3.63, 3.8) is 0 Å². The average molecular weight is 414 g/mol. The summed E-state index contributed by atoms with van der Waals surface area (Å²) in [4.78, 5) is 31.1. The fourth-order valence-corrected chi connectivity index (χ4v) is 3.47. The molecule has 2 amide bonds. The van der Waals surface area contributed by atoms with E-state index in [0.29, 0.717) is 19.5 Å². The Morgan fingerprint density at radius 3 is 2.19 bits per heavy atom. The number of carbonyl (C=O) groups excluding carboxylic acids is 2. The van der Waals surface area contributed by atoms with Crippen molar-refractivity contribution in [2.45, 2.75) is 39.3 Å². The number of nitrogens with zero attached hydrogens (tertiary/aromatic N) is 2. The van der Waals surface area contributed by atoms with Gasteiger partial charge in [0.25, 0.3) is 0 Å². The van der Waals surface area contributed by atoms with Gasteiger partial charge in [-0.1, -0.05) is 42.0 Å². The number of aryl methyl sites for hydroxylation is 1. The molecule has 1 aliphatic carbocycles. The van der Waals surface area contributed by atoms with Crippen LogP contribution in [0.5, 0.6) is 0 Å². The molecule has 1 saturated carbocycles. The van der Waals surface area contributed by atoms with E-state index in [4.69, 9.17) is 0 Å². The third-order valence-electron chi connectivity index (χ3n) is 5.51. The molecule has 2 aromatic carbocycles. The topological polar surface area (TPSA) is 62.3 Å². The molecule has 1 heterocycles. The van der Waals surface area contributed by atoms with Gasteiger partial charge in [-0.05, 0) is 60.7 Å². The van der Waals surface area contributed by atoms with Crippen LogP contribution < -0.4 is 10.2 Å². The lowest BCUT2D eigenvalue weighted by Gasteiger charge is -2.23. The number of pyridine rings is 1. The first kappa shape index (κ1) is 20.8. The quantitative estimate of drug-likeness (QED) is 0.602. The smallest absolute Gasteiger partial charge is 0.230 e. The van der Waals surface area contributed by atoms with Gasteiger partial charge in [-0.15, -0.1) is 0 Å². The third kappa shape index (κ3) is 5.79. The Morgan fingerprint density at radius 1 is 0.903 bits per heavy atom. The highest BCUT2D eigenvalue weighted by atomic mass is 16.2. The van der Waals surface area contributed by atoms with Crippen LogP contribution in [0.1, 0.15) is 35.1 Å². The van der Waals surface area contributed by atoms with E-state index in [1.165, 1.54) is 5.56 Å². The minimum atomic E-state index is -0.0323. The molecule has 0 aliphatic heterocycles. The number of rotatable bonds is 8. The van der Waals surface area contributed by atoms with Crippen LogP contribution in [0.4, 0.5) is 5.69 Å². The summed E-state index contributed by atoms with van der Waals surface area (Å²) in [5.41, 5.74) is 5.13. The number of benzene rings is 2. The van der Waals surface area contributed by atoms with Gasteiger partial charge < -0.3 is 10.2 Å². The number of aromatic nitrogens is 1. The summed E-state index contributed by atoms with van der Waals surface area (Å²) in [6.45, 7) is 3.10. The molecule has 5 heteroatoms. The van der Waals surface area contributed by atoms with Gasteiger partial charge in [-0.25, -0.2) is 0 Å². The second-order valence-corrected chi connectivity index (χ2v) is 8.16. The van der Waals surface area contributed by atoms with Crippen molar-refractivity contribution in [3.05, 3.63) is 95.3 Å². The zero-order valence-corrected chi connectivity index (χ0v) is 17.8. The summed E-state index contributed by atoms with van der Waals surface area (Å²) in [5.74, 6) is 0.294. The van der Waals surface area contributed by atoms with Crippen LogP contribution in [0, 0.1) is 12.8 Å². The van der Waals surface area contributed by atoms with Crippen molar-refractivity contribution < 1.29 is 9.59 Å². The van der Waals surface area contributed by atoms with Gasteiger partial charge in [0.2, 0.25) is 11.8 Å². The normalized spacial score (nSPS) is 12.9. The Labute approximate surface area is 183 Å². The lowest BCUT2D eigenvalue weighted by Crippen LogP contribution is -2.31. The molecule has 1 aromatic heterocycles. The number of anilines is 1. The Bertz CT molecular complexity index is 1030. The molecule has 0 unspecified atom stereocenters. The summed E-state index contributed by atoms with van der Waals surface area (Å²) >= 11 is 0. The van der Waals surface area contributed by atoms with Crippen LogP contribution in [0.25, 0.3) is 0 Å². The fraction of sp³-hybridized carbons (Fsp3) is 0.269. The van der Waals surface area contributed by atoms with Crippen LogP contribution in [0.3, 0.4) is 0 Å². The molecule has 5 nitrogen and oxygen atoms in total. The Kier molecular flexibility index (Phi) is 6.41. The first-order chi connectivity index (χ1) is 15.1. The lowest BCUT2D eigenvalue weighted by atomic mass is 10.1. The van der Waals surface area contributed by atoms with Crippen LogP contribution in [0.15, 0.2) is 73.1 Å². The van der Waals surface area contributed by atoms with Crippen molar-refractivity contribution >= 4 is 17.5 Å². The van der Waals surface area contributed by atoms with Crippen LogP contribution in [-0.2, 0) is 29.1 Å². The summed E-state index contributed by atoms with van der Waals surface area (Å²) in [7, 11) is 0. The minimum absolute atomic E-state index is 0.0323. The molecule has 1 aliphatic rings. The average Bonchev–Trinajstić information content (AvgIpc) is 3.64. The second-order valence-electron chi connectivity index (χ2n) is 8.16. The highest BCUT2D eigenvalue weighted by Crippen LogP contribution is 2.33. The number of nitrogens with one attached hydrogen (secondary N) is 1. The standard InChI is InChI=1S/C26H27N3O2/c1-19-2-4-22(5-3-19)18-29(26(31)23-8-9-23)24-10-6-20(7-11-24)16-25(30)28-17-21-12-14-27-15-13-21/h2-7,10-15,23H,8-9,16-18H2,1H3,(H,28,30). The molecule has 0 radical (unpaired) electrons. The van der Waals surface area contributed by atoms with E-state index in [0.717, 1.165) is 35.2 Å². The fourth-order valence-electron chi connectivity index (χ4n) is 3.47. The summed E-state index contributed by atoms with van der Waals surface area (Å²) in [6.07, 6.45) is 5.68. The molecule has 0 atom stereocenters. The van der Waals surface area contributed by atoms with Crippen LogP contribution in [0.2, 0.25) is 0 Å². The molecule has 31 heavy (non-hydrogen) atoms. The zero-order valence-electron chi connectivity index (χ0n) is 17.8. The molecule has 1 N–H and O–H groups in total. The van der Waals surface area contributed by atoms with Gasteiger partial charge in [0, 0.05) is 30.5 Å². The maximum absolute atomic E-state index is 12.9. The molecule has 158 valence electrons. The highest BCUT2D eigenvalue weighted by Gasteiger charge is 2.34. The predicted molar refractivity (Wildman–Crippen MR) is 121 cm³/mol. The maximum Gasteiger partial charge on any atom is 0.230 e. The van der Waals surface area contributed by atoms with Crippen LogP contribution in [-0.4, -0.2) is 16.8 Å². The number of hydrogen-bond acceptors (Lipinski definition) is 3. The largest absolute Gasteiger partial charge is 0.352 e. The van der Waals surface area contributed by atoms with E-state index in [1.807, 2.05) is 41.3 Å². The lowest BCUT2D eigenvalue weighted by molar-refractivity contribution is -0.121. The second kappa shape index (κ2) is 9.56. The molecular weight excluding hydrogens is 386 g/mol. The first-order valence-electron chi connectivity index (χ1n) is 10.7. The Morgan fingerprint density at radius 2 is 1.55 bits per heavy atom. The zero-order chi connectivity index (χ0) is 21.6. The molecular formula is C26H27N3O2. The molecule has 3 aromatic rings. The third-order valence-corrected chi connectivity index (χ3v) is 5.51. The Balaban J connectivity index is 1.40. The monoisotopic (exact) mass is 413 g/mol. The number of hydrogen-bond donors (Lipinski definition) is 1. The van der Waals surface area contributed by atoms with E-state index < -0.39 is 0 Å². The molecule has 4 rings (SSSR count). The number of amides is 2. The number of carbonyl (C=O) groups is 2. The summed E-state index contributed by atoms with van der Waals surface area (Å²) in [5, 5.41) is 2.93. The summed E-state index contributed by atoms with van der Waals surface area (Å²) in [6, 6.07) is 19.8. The van der Waals surface area contributed by atoms with Gasteiger partial charge in [0.05, 0.1) is 13.0 Å². The molecule has 1 fully saturated rings. The molecule has 0 spiro atoms. The maximum atomic E-state index is 12.9. The van der Waals surface area contributed by atoms with Crippen molar-refractivity contribution in [1.29, 1.82) is 0 Å². The van der Waals surface area contributed by atoms with Gasteiger partial charge in [0.15, 0.2) is 0 Å². The summed E-state index contributed by atoms with van der Waals surface area (Å²) < 4.78 is 0. The molecule has 0 bridgehead atoms. The predicted octanol–water partition coefficient (Wildman–Crippen LogP) is 4.19. The first-order valence-corrected chi connectivity index (χ1v) is 10.7. The minimum Gasteiger partial charge on any atom is -0.352 e. The van der Waals surface area contributed by atoms with Crippen LogP contribution >= 0.6 is 0 Å². The molecule has 0 saturated heterocycles. The Hall–Kier alpha value is -3.47. The van der Waals surface area contributed by atoms with Crippen molar-refractivity contribution in [3.8, 4) is 0 Å². The van der Waals surface area contributed by atoms with Crippen molar-refractivity contribution in [1.82, 2.24) is 10.3 Å². The van der Waals surface area contributed by atoms with E-state index >= 15 is 0 Å². The van der Waals surface area contributed by atoms with E-state index in [2.05, 4.69) is 41.5 Å². The van der Waals surface area contributed by atoms with Gasteiger partial charge in [0.1, 0.15) is 0 Å². The van der Waals surface area contributed by atoms with Gasteiger partial charge in [-0.3, -0.25) is 14.6 Å². The van der Waals surface area contributed by atoms with Crippen molar-refractivity contribution in [2.75, 3.05) is 4.90 Å². The van der Waals surface area contributed by atoms with Gasteiger partial charge >= 0.3 is 0 Å². The van der Waals surface area contributed by atoms with E-state index in [-0.39, 0.29) is 17.7 Å². The van der Waals surface area contributed by atoms with E-state index in [1.54, 1.807) is 12.4 Å². The van der Waals surface area contributed by atoms with E-state index in [9.17, 15) is 9.59 Å². The van der Waals surface area contributed by atoms with Gasteiger partial charge in [-0.2, -0.15) is 0 Å².